The fraction of sp³-hybridized carbons (Fsp3) is 0.562. The predicted molar refractivity (Wildman–Crippen MR) is 75.4 cm³/mol. The third kappa shape index (κ3) is 1.64. The SMILES string of the molecule is CC1(C)C(N2CNC(c3ccccc3)C2=O)C1(C)C. The first kappa shape index (κ1) is 12.7. The maximum absolute atomic E-state index is 12.6. The van der Waals surface area contributed by atoms with Gasteiger partial charge in [-0.25, -0.2) is 0 Å². The first-order valence-corrected chi connectivity index (χ1v) is 6.96. The molecule has 1 amide bonds. The normalized spacial score (nSPS) is 28.7. The van der Waals surface area contributed by atoms with Crippen LogP contribution in [0.4, 0.5) is 0 Å². The van der Waals surface area contributed by atoms with Crippen LogP contribution in [0.2, 0.25) is 0 Å². The Morgan fingerprint density at radius 3 is 2.21 bits per heavy atom. The van der Waals surface area contributed by atoms with E-state index in [1.54, 1.807) is 0 Å². The minimum Gasteiger partial charge on any atom is -0.324 e. The van der Waals surface area contributed by atoms with E-state index in [0.29, 0.717) is 12.7 Å². The molecule has 1 aliphatic heterocycles. The second-order valence-electron chi connectivity index (χ2n) is 6.86. The average molecular weight is 258 g/mol. The molecule has 0 bridgehead atoms. The lowest BCUT2D eigenvalue weighted by Gasteiger charge is -2.18. The van der Waals surface area contributed by atoms with Gasteiger partial charge in [0, 0.05) is 6.04 Å². The topological polar surface area (TPSA) is 32.3 Å². The molecule has 1 unspecified atom stereocenters. The second-order valence-corrected chi connectivity index (χ2v) is 6.86. The van der Waals surface area contributed by atoms with Crippen molar-refractivity contribution in [3.63, 3.8) is 0 Å². The molecule has 0 spiro atoms. The molecule has 0 radical (unpaired) electrons. The van der Waals surface area contributed by atoms with Crippen LogP contribution in [0, 0.1) is 10.8 Å². The summed E-state index contributed by atoms with van der Waals surface area (Å²) in [4.78, 5) is 14.7. The highest BCUT2D eigenvalue weighted by Crippen LogP contribution is 2.65. The number of carbonyl (C=O) groups excluding carboxylic acids is 1. The smallest absolute Gasteiger partial charge is 0.245 e. The minimum absolute atomic E-state index is 0.173. The van der Waals surface area contributed by atoms with E-state index in [1.165, 1.54) is 0 Å². The lowest BCUT2D eigenvalue weighted by atomic mass is 10.0. The number of rotatable bonds is 2. The van der Waals surface area contributed by atoms with Crippen molar-refractivity contribution in [2.24, 2.45) is 10.8 Å². The summed E-state index contributed by atoms with van der Waals surface area (Å²) < 4.78 is 0. The fourth-order valence-electron chi connectivity index (χ4n) is 3.59. The largest absolute Gasteiger partial charge is 0.324 e. The maximum atomic E-state index is 12.6. The Labute approximate surface area is 115 Å². The summed E-state index contributed by atoms with van der Waals surface area (Å²) >= 11 is 0. The molecule has 0 aromatic heterocycles. The van der Waals surface area contributed by atoms with Crippen molar-refractivity contribution in [1.29, 1.82) is 0 Å². The zero-order chi connectivity index (χ0) is 13.8. The molecule has 1 aliphatic carbocycles. The molecule has 3 heteroatoms. The van der Waals surface area contributed by atoms with E-state index in [9.17, 15) is 4.79 Å². The van der Waals surface area contributed by atoms with Gasteiger partial charge in [0.1, 0.15) is 6.04 Å². The van der Waals surface area contributed by atoms with Gasteiger partial charge in [-0.2, -0.15) is 0 Å². The van der Waals surface area contributed by atoms with Gasteiger partial charge in [-0.05, 0) is 16.4 Å². The summed E-state index contributed by atoms with van der Waals surface area (Å²) in [6.07, 6.45) is 0. The van der Waals surface area contributed by atoms with Crippen LogP contribution in [-0.4, -0.2) is 23.5 Å². The molecular weight excluding hydrogens is 236 g/mol. The van der Waals surface area contributed by atoms with Gasteiger partial charge in [0.05, 0.1) is 6.67 Å². The Hall–Kier alpha value is -1.35. The van der Waals surface area contributed by atoms with Crippen molar-refractivity contribution < 1.29 is 4.79 Å². The number of nitrogens with one attached hydrogen (secondary N) is 1. The highest BCUT2D eigenvalue weighted by atomic mass is 16.2. The van der Waals surface area contributed by atoms with Crippen LogP contribution < -0.4 is 5.32 Å². The minimum atomic E-state index is -0.173. The highest BCUT2D eigenvalue weighted by Gasteiger charge is 2.69. The van der Waals surface area contributed by atoms with Crippen LogP contribution in [0.1, 0.15) is 39.3 Å². The molecule has 1 saturated carbocycles. The highest BCUT2D eigenvalue weighted by molar-refractivity contribution is 5.86. The molecule has 3 nitrogen and oxygen atoms in total. The predicted octanol–water partition coefficient (Wildman–Crippen LogP) is 2.55. The third-order valence-corrected chi connectivity index (χ3v) is 5.38. The van der Waals surface area contributed by atoms with Crippen molar-refractivity contribution in [2.75, 3.05) is 6.67 Å². The molecule has 2 fully saturated rings. The van der Waals surface area contributed by atoms with E-state index >= 15 is 0 Å². The third-order valence-electron chi connectivity index (χ3n) is 5.38. The van der Waals surface area contributed by atoms with E-state index in [4.69, 9.17) is 0 Å². The zero-order valence-corrected chi connectivity index (χ0v) is 12.1. The van der Waals surface area contributed by atoms with Gasteiger partial charge in [0.25, 0.3) is 0 Å². The maximum Gasteiger partial charge on any atom is 0.245 e. The standard InChI is InChI=1S/C16H22N2O/c1-15(2)14(16(15,3)4)18-10-17-12(13(18)19)11-8-6-5-7-9-11/h5-9,12,14,17H,10H2,1-4H3. The number of hydrogen-bond donors (Lipinski definition) is 1. The molecule has 1 atom stereocenters. The van der Waals surface area contributed by atoms with E-state index in [-0.39, 0.29) is 22.8 Å². The lowest BCUT2D eigenvalue weighted by Crippen LogP contribution is -2.33. The van der Waals surface area contributed by atoms with Crippen molar-refractivity contribution in [2.45, 2.75) is 39.8 Å². The molecule has 2 aliphatic rings. The van der Waals surface area contributed by atoms with E-state index < -0.39 is 0 Å². The van der Waals surface area contributed by atoms with Gasteiger partial charge < -0.3 is 4.90 Å². The Morgan fingerprint density at radius 1 is 1.11 bits per heavy atom. The summed E-state index contributed by atoms with van der Waals surface area (Å²) in [6.45, 7) is 9.67. The molecule has 19 heavy (non-hydrogen) atoms. The summed E-state index contributed by atoms with van der Waals surface area (Å²) in [5, 5.41) is 3.35. The second kappa shape index (κ2) is 3.83. The van der Waals surface area contributed by atoms with Crippen LogP contribution >= 0.6 is 0 Å². The van der Waals surface area contributed by atoms with Crippen LogP contribution in [0.25, 0.3) is 0 Å². The summed E-state index contributed by atoms with van der Waals surface area (Å²) in [6, 6.07) is 10.1. The van der Waals surface area contributed by atoms with E-state index in [0.717, 1.165) is 5.56 Å². The van der Waals surface area contributed by atoms with Gasteiger partial charge in [-0.15, -0.1) is 0 Å². The molecule has 1 aromatic carbocycles. The van der Waals surface area contributed by atoms with Crippen LogP contribution in [0.15, 0.2) is 30.3 Å². The molecule has 3 rings (SSSR count). The lowest BCUT2D eigenvalue weighted by molar-refractivity contribution is -0.130. The Morgan fingerprint density at radius 2 is 1.68 bits per heavy atom. The van der Waals surface area contributed by atoms with E-state index in [2.05, 4.69) is 33.0 Å². The molecular formula is C16H22N2O. The van der Waals surface area contributed by atoms with E-state index in [1.807, 2.05) is 35.2 Å². The van der Waals surface area contributed by atoms with Gasteiger partial charge in [-0.1, -0.05) is 58.0 Å². The van der Waals surface area contributed by atoms with Gasteiger partial charge in [-0.3, -0.25) is 10.1 Å². The number of benzene rings is 1. The van der Waals surface area contributed by atoms with Gasteiger partial charge in [0.15, 0.2) is 0 Å². The van der Waals surface area contributed by atoms with Gasteiger partial charge in [0.2, 0.25) is 5.91 Å². The fourth-order valence-corrected chi connectivity index (χ4v) is 3.59. The molecule has 1 heterocycles. The molecule has 1 aromatic rings. The number of nitrogens with zero attached hydrogens (tertiary/aromatic N) is 1. The first-order valence-electron chi connectivity index (χ1n) is 6.96. The number of carbonyl (C=O) groups is 1. The molecule has 1 saturated heterocycles. The molecule has 1 N–H and O–H groups in total. The zero-order valence-electron chi connectivity index (χ0n) is 12.1. The monoisotopic (exact) mass is 258 g/mol. The summed E-state index contributed by atoms with van der Waals surface area (Å²) in [5.74, 6) is 0.217. The van der Waals surface area contributed by atoms with Crippen LogP contribution in [0.3, 0.4) is 0 Å². The van der Waals surface area contributed by atoms with Crippen molar-refractivity contribution in [3.05, 3.63) is 35.9 Å². The van der Waals surface area contributed by atoms with Crippen molar-refractivity contribution >= 4 is 5.91 Å². The number of hydrogen-bond acceptors (Lipinski definition) is 2. The van der Waals surface area contributed by atoms with Crippen molar-refractivity contribution in [1.82, 2.24) is 10.2 Å². The Balaban J connectivity index is 1.81. The quantitative estimate of drug-likeness (QED) is 0.884. The van der Waals surface area contributed by atoms with Crippen LogP contribution in [0.5, 0.6) is 0 Å². The first-order chi connectivity index (χ1) is 8.87. The Kier molecular flexibility index (Phi) is 2.55. The summed E-state index contributed by atoms with van der Waals surface area (Å²) in [5.41, 5.74) is 1.47. The molecule has 102 valence electrons. The average Bonchev–Trinajstić information content (AvgIpc) is 2.64. The Bertz CT molecular complexity index is 493. The summed E-state index contributed by atoms with van der Waals surface area (Å²) in [7, 11) is 0. The van der Waals surface area contributed by atoms with Crippen molar-refractivity contribution in [3.8, 4) is 0 Å². The van der Waals surface area contributed by atoms with Gasteiger partial charge >= 0.3 is 0 Å². The number of amides is 1. The van der Waals surface area contributed by atoms with Crippen LogP contribution in [-0.2, 0) is 4.79 Å².